The summed E-state index contributed by atoms with van der Waals surface area (Å²) in [6.45, 7) is 6.88. The van der Waals surface area contributed by atoms with Crippen molar-refractivity contribution in [3.05, 3.63) is 64.0 Å². The normalized spacial score (nSPS) is 15.4. The highest BCUT2D eigenvalue weighted by atomic mass is 32.1. The number of carbonyl (C=O) groups is 1. The summed E-state index contributed by atoms with van der Waals surface area (Å²) in [5.41, 5.74) is 3.48. The smallest absolute Gasteiger partial charge is 0.259 e. The molecule has 1 aliphatic rings. The predicted molar refractivity (Wildman–Crippen MR) is 147 cm³/mol. The van der Waals surface area contributed by atoms with Crippen molar-refractivity contribution in [3.63, 3.8) is 0 Å². The molecule has 0 radical (unpaired) electrons. The van der Waals surface area contributed by atoms with Gasteiger partial charge in [0.25, 0.3) is 5.91 Å². The number of nitrogens with zero attached hydrogens (tertiary/aromatic N) is 1. The SMILES string of the molecule is COc1cccc(C=Nc2sc3c(c2C(=O)Nc2ccc(OC)cc2OC)CC[C@H](C(C)(C)C)C3)c1. The van der Waals surface area contributed by atoms with E-state index in [1.807, 2.05) is 24.3 Å². The summed E-state index contributed by atoms with van der Waals surface area (Å²) in [6, 6.07) is 13.1. The molecular weight excluding hydrogens is 472 g/mol. The van der Waals surface area contributed by atoms with Gasteiger partial charge in [0.15, 0.2) is 0 Å². The standard InChI is InChI=1S/C29H34N2O4S/c1-29(2,3)19-10-12-22-25(15-19)36-28(30-17-18-8-7-9-20(14-18)33-4)26(22)27(32)31-23-13-11-21(34-5)16-24(23)35-6/h7-9,11,13-14,16-17,19H,10,12,15H2,1-6H3,(H,31,32)/t19-/m0/s1. The van der Waals surface area contributed by atoms with Crippen molar-refractivity contribution in [2.24, 2.45) is 16.3 Å². The largest absolute Gasteiger partial charge is 0.497 e. The molecule has 1 atom stereocenters. The monoisotopic (exact) mass is 506 g/mol. The van der Waals surface area contributed by atoms with E-state index < -0.39 is 0 Å². The molecule has 1 aliphatic carbocycles. The molecule has 1 aromatic heterocycles. The van der Waals surface area contributed by atoms with E-state index >= 15 is 0 Å². The Labute approximate surface area is 217 Å². The molecule has 1 amide bonds. The first kappa shape index (κ1) is 25.8. The summed E-state index contributed by atoms with van der Waals surface area (Å²) in [5.74, 6) is 2.36. The van der Waals surface area contributed by atoms with E-state index in [1.165, 1.54) is 4.88 Å². The Bertz CT molecular complexity index is 1270. The third kappa shape index (κ3) is 5.57. The van der Waals surface area contributed by atoms with Crippen molar-refractivity contribution < 1.29 is 19.0 Å². The van der Waals surface area contributed by atoms with Crippen molar-refractivity contribution in [1.82, 2.24) is 0 Å². The van der Waals surface area contributed by atoms with Crippen LogP contribution in [0.2, 0.25) is 0 Å². The van der Waals surface area contributed by atoms with Crippen molar-refractivity contribution in [1.29, 1.82) is 0 Å². The molecule has 1 N–H and O–H groups in total. The molecule has 0 bridgehead atoms. The summed E-state index contributed by atoms with van der Waals surface area (Å²) in [4.78, 5) is 19.8. The predicted octanol–water partition coefficient (Wildman–Crippen LogP) is 6.93. The Kier molecular flexibility index (Phi) is 7.69. The highest BCUT2D eigenvalue weighted by molar-refractivity contribution is 7.16. The maximum Gasteiger partial charge on any atom is 0.259 e. The molecule has 3 aromatic rings. The number of fused-ring (bicyclic) bond motifs is 1. The first-order valence-electron chi connectivity index (χ1n) is 12.1. The molecule has 0 aliphatic heterocycles. The molecule has 190 valence electrons. The second-order valence-corrected chi connectivity index (χ2v) is 11.1. The molecule has 1 heterocycles. The van der Waals surface area contributed by atoms with Gasteiger partial charge >= 0.3 is 0 Å². The number of anilines is 1. The van der Waals surface area contributed by atoms with Gasteiger partial charge in [-0.25, -0.2) is 4.99 Å². The first-order chi connectivity index (χ1) is 17.2. The van der Waals surface area contributed by atoms with Gasteiger partial charge in [-0.05, 0) is 66.0 Å². The fourth-order valence-electron chi connectivity index (χ4n) is 4.58. The van der Waals surface area contributed by atoms with Crippen LogP contribution < -0.4 is 19.5 Å². The highest BCUT2D eigenvalue weighted by Gasteiger charge is 2.33. The first-order valence-corrected chi connectivity index (χ1v) is 12.9. The zero-order chi connectivity index (χ0) is 25.9. The summed E-state index contributed by atoms with van der Waals surface area (Å²) >= 11 is 1.62. The number of hydrogen-bond acceptors (Lipinski definition) is 6. The van der Waals surface area contributed by atoms with E-state index in [9.17, 15) is 4.79 Å². The number of carbonyl (C=O) groups excluding carboxylic acids is 1. The van der Waals surface area contributed by atoms with Crippen LogP contribution >= 0.6 is 11.3 Å². The minimum absolute atomic E-state index is 0.178. The number of benzene rings is 2. The van der Waals surface area contributed by atoms with Crippen LogP contribution in [0.15, 0.2) is 47.5 Å². The molecule has 0 fully saturated rings. The highest BCUT2D eigenvalue weighted by Crippen LogP contribution is 2.45. The van der Waals surface area contributed by atoms with E-state index in [0.717, 1.165) is 41.1 Å². The molecule has 0 spiro atoms. The van der Waals surface area contributed by atoms with Gasteiger partial charge in [-0.3, -0.25) is 4.79 Å². The number of methoxy groups -OCH3 is 3. The third-order valence-electron chi connectivity index (χ3n) is 6.78. The van der Waals surface area contributed by atoms with Crippen molar-refractivity contribution >= 4 is 34.1 Å². The molecule has 0 saturated carbocycles. The van der Waals surface area contributed by atoms with Crippen LogP contribution in [-0.2, 0) is 12.8 Å². The van der Waals surface area contributed by atoms with E-state index in [0.29, 0.717) is 28.7 Å². The van der Waals surface area contributed by atoms with E-state index in [2.05, 4.69) is 26.1 Å². The number of nitrogens with one attached hydrogen (secondary N) is 1. The minimum Gasteiger partial charge on any atom is -0.497 e. The lowest BCUT2D eigenvalue weighted by Crippen LogP contribution is -2.27. The Morgan fingerprint density at radius 2 is 1.81 bits per heavy atom. The molecule has 4 rings (SSSR count). The number of thiophene rings is 1. The van der Waals surface area contributed by atoms with Crippen LogP contribution in [0.25, 0.3) is 0 Å². The lowest BCUT2D eigenvalue weighted by atomic mass is 9.72. The van der Waals surface area contributed by atoms with Crippen LogP contribution in [-0.4, -0.2) is 33.5 Å². The van der Waals surface area contributed by atoms with Gasteiger partial charge in [0.05, 0.1) is 32.6 Å². The number of aliphatic imine (C=N–C) groups is 1. The molecule has 0 unspecified atom stereocenters. The molecule has 36 heavy (non-hydrogen) atoms. The van der Waals surface area contributed by atoms with Crippen LogP contribution in [0.5, 0.6) is 17.2 Å². The van der Waals surface area contributed by atoms with Gasteiger partial charge < -0.3 is 19.5 Å². The van der Waals surface area contributed by atoms with E-state index in [4.69, 9.17) is 19.2 Å². The third-order valence-corrected chi connectivity index (χ3v) is 7.94. The van der Waals surface area contributed by atoms with Gasteiger partial charge in [0.1, 0.15) is 22.2 Å². The van der Waals surface area contributed by atoms with Gasteiger partial charge in [-0.2, -0.15) is 0 Å². The van der Waals surface area contributed by atoms with Gasteiger partial charge in [-0.1, -0.05) is 32.9 Å². The van der Waals surface area contributed by atoms with Crippen molar-refractivity contribution in [2.45, 2.75) is 40.0 Å². The number of amides is 1. The number of rotatable bonds is 7. The molecular formula is C29H34N2O4S. The molecule has 6 nitrogen and oxygen atoms in total. The fraction of sp³-hybridized carbons (Fsp3) is 0.379. The lowest BCUT2D eigenvalue weighted by molar-refractivity contribution is 0.102. The minimum atomic E-state index is -0.178. The van der Waals surface area contributed by atoms with Crippen molar-refractivity contribution in [2.75, 3.05) is 26.6 Å². The lowest BCUT2D eigenvalue weighted by Gasteiger charge is -2.33. The molecule has 2 aromatic carbocycles. The number of hydrogen-bond donors (Lipinski definition) is 1. The molecule has 7 heteroatoms. The Balaban J connectivity index is 1.71. The van der Waals surface area contributed by atoms with Crippen LogP contribution in [0.4, 0.5) is 10.7 Å². The zero-order valence-electron chi connectivity index (χ0n) is 21.8. The zero-order valence-corrected chi connectivity index (χ0v) is 22.6. The van der Waals surface area contributed by atoms with Gasteiger partial charge in [-0.15, -0.1) is 11.3 Å². The van der Waals surface area contributed by atoms with Gasteiger partial charge in [0, 0.05) is 17.2 Å². The summed E-state index contributed by atoms with van der Waals surface area (Å²) in [6.07, 6.45) is 4.68. The molecule has 0 saturated heterocycles. The van der Waals surface area contributed by atoms with Crippen LogP contribution in [0.1, 0.15) is 53.6 Å². The average molecular weight is 507 g/mol. The maximum absolute atomic E-state index is 13.7. The quantitative estimate of drug-likeness (QED) is 0.353. The Morgan fingerprint density at radius 3 is 2.50 bits per heavy atom. The van der Waals surface area contributed by atoms with Crippen LogP contribution in [0.3, 0.4) is 0 Å². The van der Waals surface area contributed by atoms with Crippen LogP contribution in [0, 0.1) is 11.3 Å². The Morgan fingerprint density at radius 1 is 1.06 bits per heavy atom. The Hall–Kier alpha value is -3.32. The van der Waals surface area contributed by atoms with Crippen molar-refractivity contribution in [3.8, 4) is 17.2 Å². The summed E-state index contributed by atoms with van der Waals surface area (Å²) < 4.78 is 16.1. The summed E-state index contributed by atoms with van der Waals surface area (Å²) in [7, 11) is 4.82. The average Bonchev–Trinajstić information content (AvgIpc) is 3.25. The summed E-state index contributed by atoms with van der Waals surface area (Å²) in [5, 5.41) is 3.78. The van der Waals surface area contributed by atoms with Gasteiger partial charge in [0.2, 0.25) is 0 Å². The topological polar surface area (TPSA) is 69.2 Å². The fourth-order valence-corrected chi connectivity index (χ4v) is 5.85. The van der Waals surface area contributed by atoms with E-state index in [1.54, 1.807) is 57.1 Å². The maximum atomic E-state index is 13.7. The van der Waals surface area contributed by atoms with E-state index in [-0.39, 0.29) is 11.3 Å². The number of ether oxygens (including phenoxy) is 3. The second-order valence-electron chi connectivity index (χ2n) is 10.0. The second kappa shape index (κ2) is 10.7.